The molecule has 0 fully saturated rings. The van der Waals surface area contributed by atoms with Crippen molar-refractivity contribution in [2.45, 2.75) is 25.2 Å². The fourth-order valence-electron chi connectivity index (χ4n) is 4.02. The zero-order valence-corrected chi connectivity index (χ0v) is 18.7. The maximum atomic E-state index is 13.1. The van der Waals surface area contributed by atoms with Gasteiger partial charge in [-0.25, -0.2) is 0 Å². The smallest absolute Gasteiger partial charge is 0.325 e. The Kier molecular flexibility index (Phi) is 7.87. The van der Waals surface area contributed by atoms with Crippen LogP contribution in [0.3, 0.4) is 0 Å². The molecule has 0 spiro atoms. The van der Waals surface area contributed by atoms with Crippen LogP contribution in [0, 0.1) is 0 Å². The number of likely N-dealkylation sites (N-methyl/N-ethyl adjacent to an activating group) is 2. The molecule has 2 atom stereocenters. The van der Waals surface area contributed by atoms with E-state index in [4.69, 9.17) is 4.74 Å². The van der Waals surface area contributed by atoms with Crippen molar-refractivity contribution in [2.75, 3.05) is 21.2 Å². The highest BCUT2D eigenvalue weighted by Gasteiger charge is 2.37. The van der Waals surface area contributed by atoms with Crippen molar-refractivity contribution in [3.05, 3.63) is 95.6 Å². The molecule has 3 rings (SSSR count). The topological polar surface area (TPSA) is 73.2 Å². The molecule has 2 unspecified atom stereocenters. The molecule has 0 heterocycles. The van der Waals surface area contributed by atoms with Crippen LogP contribution in [-0.2, 0) is 22.6 Å². The third-order valence-corrected chi connectivity index (χ3v) is 5.66. The number of rotatable bonds is 9. The number of ether oxygens (including phenoxy) is 1. The van der Waals surface area contributed by atoms with Gasteiger partial charge in [-0.05, 0) is 31.8 Å². The Labute approximate surface area is 189 Å². The molecular formula is C26H30N2O4. The fourth-order valence-corrected chi connectivity index (χ4v) is 4.02. The highest BCUT2D eigenvalue weighted by atomic mass is 16.5. The average Bonchev–Trinajstić information content (AvgIpc) is 2.80. The Morgan fingerprint density at radius 2 is 1.25 bits per heavy atom. The van der Waals surface area contributed by atoms with Gasteiger partial charge >= 0.3 is 5.97 Å². The number of aromatic hydroxyl groups is 2. The third kappa shape index (κ3) is 5.46. The molecular weight excluding hydrogens is 404 g/mol. The van der Waals surface area contributed by atoms with Gasteiger partial charge in [0.2, 0.25) is 0 Å². The van der Waals surface area contributed by atoms with Crippen molar-refractivity contribution in [3.8, 4) is 11.5 Å². The maximum Gasteiger partial charge on any atom is 0.325 e. The molecule has 0 aliphatic heterocycles. The van der Waals surface area contributed by atoms with E-state index in [1.807, 2.05) is 78.5 Å². The SMILES string of the molecule is COC(=O)C(C(c1ccccc1)N(C)Cc1ccccc1O)N(C)Cc1ccccc1O. The summed E-state index contributed by atoms with van der Waals surface area (Å²) in [5.74, 6) is 0.0195. The Morgan fingerprint density at radius 3 is 1.75 bits per heavy atom. The molecule has 0 radical (unpaired) electrons. The van der Waals surface area contributed by atoms with Crippen LogP contribution in [-0.4, -0.2) is 53.2 Å². The number of hydrogen-bond donors (Lipinski definition) is 2. The average molecular weight is 435 g/mol. The van der Waals surface area contributed by atoms with Crippen LogP contribution in [0.1, 0.15) is 22.7 Å². The molecule has 6 heteroatoms. The molecule has 0 bridgehead atoms. The first-order chi connectivity index (χ1) is 15.4. The Morgan fingerprint density at radius 1 is 0.781 bits per heavy atom. The third-order valence-electron chi connectivity index (χ3n) is 5.66. The minimum absolute atomic E-state index is 0.182. The summed E-state index contributed by atoms with van der Waals surface area (Å²) in [5.41, 5.74) is 2.44. The van der Waals surface area contributed by atoms with Gasteiger partial charge in [0, 0.05) is 24.2 Å². The van der Waals surface area contributed by atoms with E-state index < -0.39 is 6.04 Å². The van der Waals surface area contributed by atoms with E-state index in [1.165, 1.54) is 7.11 Å². The van der Waals surface area contributed by atoms with Gasteiger partial charge in [0.25, 0.3) is 0 Å². The number of carbonyl (C=O) groups excluding carboxylic acids is 1. The van der Waals surface area contributed by atoms with Gasteiger partial charge in [-0.1, -0.05) is 66.7 Å². The van der Waals surface area contributed by atoms with E-state index in [2.05, 4.69) is 0 Å². The first-order valence-electron chi connectivity index (χ1n) is 10.5. The summed E-state index contributed by atoms with van der Waals surface area (Å²) in [6.45, 7) is 0.796. The van der Waals surface area contributed by atoms with Crippen LogP contribution in [0.2, 0.25) is 0 Å². The monoisotopic (exact) mass is 434 g/mol. The quantitative estimate of drug-likeness (QED) is 0.497. The standard InChI is InChI=1S/C26H30N2O4/c1-27(17-20-13-7-9-15-22(20)29)24(19-11-5-4-6-12-19)25(26(31)32-3)28(2)18-21-14-8-10-16-23(21)30/h4-16,24-25,29-30H,17-18H2,1-3H3. The summed E-state index contributed by atoms with van der Waals surface area (Å²) in [5, 5.41) is 20.5. The first kappa shape index (κ1) is 23.3. The number of nitrogens with zero attached hydrogens (tertiary/aromatic N) is 2. The van der Waals surface area contributed by atoms with E-state index in [-0.39, 0.29) is 23.5 Å². The molecule has 0 aliphatic carbocycles. The van der Waals surface area contributed by atoms with Crippen molar-refractivity contribution in [1.29, 1.82) is 0 Å². The molecule has 0 aromatic heterocycles. The molecule has 0 amide bonds. The van der Waals surface area contributed by atoms with Gasteiger partial charge in [-0.15, -0.1) is 0 Å². The number of phenols is 2. The summed E-state index contributed by atoms with van der Waals surface area (Å²) in [6.07, 6.45) is 0. The lowest BCUT2D eigenvalue weighted by Gasteiger charge is -2.38. The largest absolute Gasteiger partial charge is 0.508 e. The second-order valence-corrected chi connectivity index (χ2v) is 7.91. The Balaban J connectivity index is 1.99. The minimum Gasteiger partial charge on any atom is -0.508 e. The second-order valence-electron chi connectivity index (χ2n) is 7.91. The zero-order valence-electron chi connectivity index (χ0n) is 18.7. The summed E-state index contributed by atoms with van der Waals surface area (Å²) in [6, 6.07) is 23.0. The predicted molar refractivity (Wildman–Crippen MR) is 124 cm³/mol. The summed E-state index contributed by atoms with van der Waals surface area (Å²) >= 11 is 0. The normalized spacial score (nSPS) is 13.2. The predicted octanol–water partition coefficient (Wildman–Crippen LogP) is 3.94. The zero-order chi connectivity index (χ0) is 23.1. The number of hydrogen-bond acceptors (Lipinski definition) is 6. The Bertz CT molecular complexity index is 1030. The van der Waals surface area contributed by atoms with Gasteiger partial charge in [0.15, 0.2) is 0 Å². The van der Waals surface area contributed by atoms with E-state index >= 15 is 0 Å². The number of methoxy groups -OCH3 is 1. The van der Waals surface area contributed by atoms with Crippen LogP contribution in [0.25, 0.3) is 0 Å². The molecule has 2 N–H and O–H groups in total. The van der Waals surface area contributed by atoms with Crippen molar-refractivity contribution in [1.82, 2.24) is 9.80 Å². The first-order valence-corrected chi connectivity index (χ1v) is 10.5. The summed E-state index contributed by atoms with van der Waals surface area (Å²) < 4.78 is 5.21. The van der Waals surface area contributed by atoms with Crippen LogP contribution in [0.4, 0.5) is 0 Å². The van der Waals surface area contributed by atoms with Crippen molar-refractivity contribution < 1.29 is 19.7 Å². The molecule has 32 heavy (non-hydrogen) atoms. The molecule has 3 aromatic carbocycles. The molecule has 168 valence electrons. The minimum atomic E-state index is -0.655. The van der Waals surface area contributed by atoms with Crippen molar-refractivity contribution >= 4 is 5.97 Å². The second kappa shape index (κ2) is 10.8. The van der Waals surface area contributed by atoms with Gasteiger partial charge in [0.05, 0.1) is 13.2 Å². The van der Waals surface area contributed by atoms with Crippen LogP contribution in [0.15, 0.2) is 78.9 Å². The van der Waals surface area contributed by atoms with E-state index in [0.29, 0.717) is 13.1 Å². The number of esters is 1. The number of benzene rings is 3. The van der Waals surface area contributed by atoms with E-state index in [9.17, 15) is 15.0 Å². The lowest BCUT2D eigenvalue weighted by Crippen LogP contribution is -2.48. The number of phenolic OH excluding ortho intramolecular Hbond substituents is 2. The molecule has 0 saturated heterocycles. The van der Waals surface area contributed by atoms with Crippen LogP contribution >= 0.6 is 0 Å². The van der Waals surface area contributed by atoms with Gasteiger partial charge in [-0.2, -0.15) is 0 Å². The Hall–Kier alpha value is -3.35. The molecule has 0 saturated carbocycles. The van der Waals surface area contributed by atoms with Crippen molar-refractivity contribution in [3.63, 3.8) is 0 Å². The van der Waals surface area contributed by atoms with Gasteiger partial charge in [-0.3, -0.25) is 14.6 Å². The lowest BCUT2D eigenvalue weighted by atomic mass is 9.95. The highest BCUT2D eigenvalue weighted by molar-refractivity contribution is 5.77. The fraction of sp³-hybridized carbons (Fsp3) is 0.269. The molecule has 0 aliphatic rings. The summed E-state index contributed by atoms with van der Waals surface area (Å²) in [7, 11) is 5.15. The highest BCUT2D eigenvalue weighted by Crippen LogP contribution is 2.31. The van der Waals surface area contributed by atoms with Crippen LogP contribution < -0.4 is 0 Å². The van der Waals surface area contributed by atoms with Crippen molar-refractivity contribution in [2.24, 2.45) is 0 Å². The molecule has 3 aromatic rings. The van der Waals surface area contributed by atoms with Crippen LogP contribution in [0.5, 0.6) is 11.5 Å². The van der Waals surface area contributed by atoms with Gasteiger partial charge < -0.3 is 14.9 Å². The lowest BCUT2D eigenvalue weighted by molar-refractivity contribution is -0.149. The van der Waals surface area contributed by atoms with E-state index in [1.54, 1.807) is 24.3 Å². The van der Waals surface area contributed by atoms with E-state index in [0.717, 1.165) is 16.7 Å². The van der Waals surface area contributed by atoms with Gasteiger partial charge in [0.1, 0.15) is 17.5 Å². The molecule has 6 nitrogen and oxygen atoms in total. The summed E-state index contributed by atoms with van der Waals surface area (Å²) in [4.78, 5) is 17.0. The number of para-hydroxylation sites is 2. The number of carbonyl (C=O) groups is 1. The maximum absolute atomic E-state index is 13.1.